The number of aromatic nitrogens is 2. The molecule has 0 unspecified atom stereocenters. The smallest absolute Gasteiger partial charge is 0.265 e. The number of benzene rings is 1. The number of pyridine rings is 1. The summed E-state index contributed by atoms with van der Waals surface area (Å²) < 4.78 is 0. The van der Waals surface area contributed by atoms with Crippen LogP contribution in [0.3, 0.4) is 0 Å². The van der Waals surface area contributed by atoms with E-state index >= 15 is 0 Å². The van der Waals surface area contributed by atoms with Gasteiger partial charge < -0.3 is 10.7 Å². The topological polar surface area (TPSA) is 95.6 Å². The van der Waals surface area contributed by atoms with Crippen LogP contribution in [-0.2, 0) is 6.42 Å². The largest absolute Gasteiger partial charge is 0.364 e. The zero-order valence-corrected chi connectivity index (χ0v) is 12.2. The average Bonchev–Trinajstić information content (AvgIpc) is 2.91. The molecule has 108 valence electrons. The summed E-state index contributed by atoms with van der Waals surface area (Å²) >= 11 is 5.95. The third kappa shape index (κ3) is 2.52. The van der Waals surface area contributed by atoms with E-state index in [1.165, 1.54) is 0 Å². The van der Waals surface area contributed by atoms with E-state index in [-0.39, 0.29) is 6.42 Å². The van der Waals surface area contributed by atoms with Crippen molar-refractivity contribution in [1.29, 1.82) is 5.26 Å². The number of H-pyrrole nitrogens is 1. The molecule has 0 saturated heterocycles. The number of nitriles is 1. The third-order valence-corrected chi connectivity index (χ3v) is 3.58. The quantitative estimate of drug-likeness (QED) is 0.728. The number of hydrogen-bond acceptors (Lipinski definition) is 3. The van der Waals surface area contributed by atoms with E-state index < -0.39 is 5.91 Å². The van der Waals surface area contributed by atoms with Crippen LogP contribution in [0.4, 0.5) is 0 Å². The molecule has 0 radical (unpaired) electrons. The first kappa shape index (κ1) is 14.1. The first-order valence-corrected chi connectivity index (χ1v) is 6.90. The van der Waals surface area contributed by atoms with Gasteiger partial charge in [0, 0.05) is 17.1 Å². The molecule has 3 N–H and O–H groups in total. The number of carbonyl (C=O) groups excluding carboxylic acids is 1. The summed E-state index contributed by atoms with van der Waals surface area (Å²) in [5.74, 6) is -0.531. The van der Waals surface area contributed by atoms with Gasteiger partial charge in [-0.25, -0.2) is 4.98 Å². The van der Waals surface area contributed by atoms with E-state index in [4.69, 9.17) is 22.6 Å². The minimum atomic E-state index is -0.531. The Kier molecular flexibility index (Phi) is 3.53. The summed E-state index contributed by atoms with van der Waals surface area (Å²) in [6.45, 7) is 0. The summed E-state index contributed by atoms with van der Waals surface area (Å²) in [6, 6.07) is 11.1. The molecule has 2 heterocycles. The van der Waals surface area contributed by atoms with E-state index in [0.717, 1.165) is 27.6 Å². The highest BCUT2D eigenvalue weighted by molar-refractivity contribution is 6.29. The number of amides is 1. The number of nitrogens with zero attached hydrogens (tertiary/aromatic N) is 2. The van der Waals surface area contributed by atoms with E-state index in [2.05, 4.69) is 16.0 Å². The average molecular weight is 311 g/mol. The molecule has 0 aliphatic rings. The first-order chi connectivity index (χ1) is 10.6. The van der Waals surface area contributed by atoms with Gasteiger partial charge in [-0.15, -0.1) is 0 Å². The van der Waals surface area contributed by atoms with Gasteiger partial charge in [-0.1, -0.05) is 11.6 Å². The van der Waals surface area contributed by atoms with Crippen LogP contribution in [0.15, 0.2) is 36.5 Å². The second kappa shape index (κ2) is 5.51. The van der Waals surface area contributed by atoms with Crippen LogP contribution in [0, 0.1) is 11.3 Å². The summed E-state index contributed by atoms with van der Waals surface area (Å²) in [6.07, 6.45) is 1.89. The highest BCUT2D eigenvalue weighted by Crippen LogP contribution is 2.31. The maximum atomic E-state index is 11.4. The zero-order chi connectivity index (χ0) is 15.7. The van der Waals surface area contributed by atoms with Gasteiger partial charge in [0.1, 0.15) is 10.8 Å². The molecule has 0 bridgehead atoms. The Balaban J connectivity index is 2.30. The number of nitrogens with one attached hydrogen (secondary N) is 1. The Labute approximate surface area is 131 Å². The van der Waals surface area contributed by atoms with Crippen molar-refractivity contribution in [3.63, 3.8) is 0 Å². The number of carbonyl (C=O) groups is 1. The van der Waals surface area contributed by atoms with Crippen LogP contribution in [0.5, 0.6) is 0 Å². The molecule has 22 heavy (non-hydrogen) atoms. The van der Waals surface area contributed by atoms with Gasteiger partial charge >= 0.3 is 0 Å². The lowest BCUT2D eigenvalue weighted by Crippen LogP contribution is -2.10. The molecule has 6 heteroatoms. The molecule has 0 saturated carbocycles. The lowest BCUT2D eigenvalue weighted by molar-refractivity contribution is 0.0996. The van der Waals surface area contributed by atoms with Gasteiger partial charge in [0.2, 0.25) is 0 Å². The van der Waals surface area contributed by atoms with Crippen molar-refractivity contribution in [3.05, 3.63) is 52.9 Å². The zero-order valence-electron chi connectivity index (χ0n) is 11.4. The number of rotatable bonds is 3. The van der Waals surface area contributed by atoms with E-state index in [1.807, 2.05) is 18.2 Å². The van der Waals surface area contributed by atoms with Gasteiger partial charge in [-0.2, -0.15) is 5.26 Å². The van der Waals surface area contributed by atoms with Gasteiger partial charge in [0.05, 0.1) is 18.0 Å². The molecule has 2 aromatic heterocycles. The summed E-state index contributed by atoms with van der Waals surface area (Å²) in [5.41, 5.74) is 8.98. The van der Waals surface area contributed by atoms with Gasteiger partial charge in [-0.3, -0.25) is 4.79 Å². The van der Waals surface area contributed by atoms with Crippen molar-refractivity contribution in [2.45, 2.75) is 6.42 Å². The second-order valence-electron chi connectivity index (χ2n) is 4.86. The standard InChI is InChI=1S/C16H11ClN4O/c17-14-8-10(2-4-20-14)12-6-9(1-3-18)5-11-7-13(16(19)22)21-15(11)12/h2,4-8,21H,1H2,(H2,19,22). The first-order valence-electron chi connectivity index (χ1n) is 6.53. The van der Waals surface area contributed by atoms with Crippen molar-refractivity contribution in [2.24, 2.45) is 5.73 Å². The molecular formula is C16H11ClN4O. The number of nitrogens with two attached hydrogens (primary N) is 1. The maximum absolute atomic E-state index is 11.4. The fourth-order valence-corrected chi connectivity index (χ4v) is 2.60. The number of halogens is 1. The fraction of sp³-hybridized carbons (Fsp3) is 0.0625. The maximum Gasteiger partial charge on any atom is 0.265 e. The minimum Gasteiger partial charge on any atom is -0.364 e. The van der Waals surface area contributed by atoms with E-state index in [9.17, 15) is 4.79 Å². The number of primary amides is 1. The molecule has 5 nitrogen and oxygen atoms in total. The van der Waals surface area contributed by atoms with Gasteiger partial charge in [0.25, 0.3) is 5.91 Å². The highest BCUT2D eigenvalue weighted by Gasteiger charge is 2.12. The predicted molar refractivity (Wildman–Crippen MR) is 84.4 cm³/mol. The monoisotopic (exact) mass is 310 g/mol. The van der Waals surface area contributed by atoms with Crippen LogP contribution in [0.25, 0.3) is 22.0 Å². The number of hydrogen-bond donors (Lipinski definition) is 2. The van der Waals surface area contributed by atoms with Gasteiger partial charge in [0.15, 0.2) is 0 Å². The van der Waals surface area contributed by atoms with Crippen LogP contribution in [0.2, 0.25) is 5.15 Å². The Morgan fingerprint density at radius 3 is 2.86 bits per heavy atom. The third-order valence-electron chi connectivity index (χ3n) is 3.37. The van der Waals surface area contributed by atoms with Crippen LogP contribution in [-0.4, -0.2) is 15.9 Å². The van der Waals surface area contributed by atoms with Crippen molar-refractivity contribution in [2.75, 3.05) is 0 Å². The SMILES string of the molecule is N#CCc1cc(-c2ccnc(Cl)c2)c2[nH]c(C(N)=O)cc2c1. The summed E-state index contributed by atoms with van der Waals surface area (Å²) in [4.78, 5) is 18.4. The molecule has 3 aromatic rings. The molecular weight excluding hydrogens is 300 g/mol. The number of aromatic amines is 1. The van der Waals surface area contributed by atoms with Crippen molar-refractivity contribution < 1.29 is 4.79 Å². The molecule has 0 aliphatic heterocycles. The molecule has 0 atom stereocenters. The molecule has 3 rings (SSSR count). The molecule has 0 fully saturated rings. The molecule has 1 aromatic carbocycles. The second-order valence-corrected chi connectivity index (χ2v) is 5.24. The Bertz CT molecular complexity index is 924. The van der Waals surface area contributed by atoms with Gasteiger partial charge in [-0.05, 0) is 41.5 Å². The fourth-order valence-electron chi connectivity index (χ4n) is 2.43. The van der Waals surface area contributed by atoms with E-state index in [0.29, 0.717) is 10.8 Å². The molecule has 0 spiro atoms. The normalized spacial score (nSPS) is 10.5. The van der Waals surface area contributed by atoms with Crippen LogP contribution in [0.1, 0.15) is 16.1 Å². The summed E-state index contributed by atoms with van der Waals surface area (Å²) in [5, 5.41) is 10.1. The molecule has 1 amide bonds. The summed E-state index contributed by atoms with van der Waals surface area (Å²) in [7, 11) is 0. The lowest BCUT2D eigenvalue weighted by atomic mass is 10.00. The highest BCUT2D eigenvalue weighted by atomic mass is 35.5. The Hall–Kier alpha value is -2.84. The minimum absolute atomic E-state index is 0.277. The van der Waals surface area contributed by atoms with Crippen molar-refractivity contribution >= 4 is 28.4 Å². The van der Waals surface area contributed by atoms with Crippen LogP contribution >= 0.6 is 11.6 Å². The Morgan fingerprint density at radius 1 is 1.36 bits per heavy atom. The van der Waals surface area contributed by atoms with Crippen molar-refractivity contribution in [1.82, 2.24) is 9.97 Å². The van der Waals surface area contributed by atoms with Crippen LogP contribution < -0.4 is 5.73 Å². The molecule has 0 aliphatic carbocycles. The Morgan fingerprint density at radius 2 is 2.18 bits per heavy atom. The number of fused-ring (bicyclic) bond motifs is 1. The predicted octanol–water partition coefficient (Wildman–Crippen LogP) is 3.05. The van der Waals surface area contributed by atoms with E-state index in [1.54, 1.807) is 18.3 Å². The lowest BCUT2D eigenvalue weighted by Gasteiger charge is -2.06. The van der Waals surface area contributed by atoms with Crippen molar-refractivity contribution in [3.8, 4) is 17.2 Å².